The Labute approximate surface area is 270 Å². The molecule has 0 aliphatic rings. The predicted molar refractivity (Wildman–Crippen MR) is 175 cm³/mol. The number of nitrogens with zero attached hydrogens (tertiary/aromatic N) is 2. The lowest BCUT2D eigenvalue weighted by Gasteiger charge is -2.34. The third-order valence-corrected chi connectivity index (χ3v) is 9.55. The number of benzene rings is 4. The molecule has 4 aromatic carbocycles. The first-order valence-electron chi connectivity index (χ1n) is 13.5. The molecule has 43 heavy (non-hydrogen) atoms. The summed E-state index contributed by atoms with van der Waals surface area (Å²) in [5.74, 6) is -0.956. The van der Waals surface area contributed by atoms with Crippen molar-refractivity contribution in [3.05, 3.63) is 129 Å². The molecule has 0 saturated carbocycles. The van der Waals surface area contributed by atoms with Crippen LogP contribution >= 0.6 is 39.1 Å². The number of carbonyl (C=O) groups excluding carboxylic acids is 2. The topological polar surface area (TPSA) is 86.8 Å². The Morgan fingerprint density at radius 2 is 1.56 bits per heavy atom. The van der Waals surface area contributed by atoms with E-state index in [1.165, 1.54) is 17.0 Å². The second-order valence-corrected chi connectivity index (χ2v) is 13.3. The largest absolute Gasteiger partial charge is 0.355 e. The van der Waals surface area contributed by atoms with Crippen LogP contribution in [-0.4, -0.2) is 44.3 Å². The predicted octanol–water partition coefficient (Wildman–Crippen LogP) is 6.73. The van der Waals surface area contributed by atoms with Gasteiger partial charge in [-0.25, -0.2) is 8.42 Å². The van der Waals surface area contributed by atoms with Crippen LogP contribution in [-0.2, 0) is 32.6 Å². The van der Waals surface area contributed by atoms with Gasteiger partial charge >= 0.3 is 0 Å². The van der Waals surface area contributed by atoms with Crippen molar-refractivity contribution in [2.75, 3.05) is 17.4 Å². The zero-order valence-corrected chi connectivity index (χ0v) is 27.2. The number of hydrogen-bond acceptors (Lipinski definition) is 4. The van der Waals surface area contributed by atoms with E-state index in [1.807, 2.05) is 30.3 Å². The molecule has 0 heterocycles. The van der Waals surface area contributed by atoms with E-state index in [2.05, 4.69) is 21.2 Å². The molecule has 0 radical (unpaired) electrons. The van der Waals surface area contributed by atoms with Gasteiger partial charge in [0.2, 0.25) is 11.8 Å². The highest BCUT2D eigenvalue weighted by molar-refractivity contribution is 9.10. The standard InChI is InChI=1S/C32H30BrCl2N3O4S/c1-2-36-32(40)30(18-23-10-5-3-6-11-23)37(21-24-16-17-26(34)20-29(24)35)31(39)22-38(27-13-9-12-25(33)19-27)43(41,42)28-14-7-4-8-15-28/h3-17,19-20,30H,2,18,21-22H2,1H3,(H,36,40)/t30-/m0/s1. The molecule has 11 heteroatoms. The molecule has 0 aliphatic carbocycles. The molecule has 0 aromatic heterocycles. The van der Waals surface area contributed by atoms with Gasteiger partial charge in [0.05, 0.1) is 10.6 Å². The summed E-state index contributed by atoms with van der Waals surface area (Å²) in [6.45, 7) is 1.52. The number of rotatable bonds is 12. The lowest BCUT2D eigenvalue weighted by atomic mass is 10.0. The number of nitrogens with one attached hydrogen (secondary N) is 1. The zero-order chi connectivity index (χ0) is 31.0. The maximum Gasteiger partial charge on any atom is 0.264 e. The van der Waals surface area contributed by atoms with Gasteiger partial charge in [0.1, 0.15) is 12.6 Å². The molecule has 0 fully saturated rings. The van der Waals surface area contributed by atoms with E-state index in [1.54, 1.807) is 67.6 Å². The van der Waals surface area contributed by atoms with Gasteiger partial charge < -0.3 is 10.2 Å². The molecule has 0 saturated heterocycles. The highest BCUT2D eigenvalue weighted by Crippen LogP contribution is 2.28. The number of amides is 2. The first kappa shape index (κ1) is 32.5. The highest BCUT2D eigenvalue weighted by Gasteiger charge is 2.34. The van der Waals surface area contributed by atoms with Crippen LogP contribution < -0.4 is 9.62 Å². The van der Waals surface area contributed by atoms with E-state index in [9.17, 15) is 18.0 Å². The molecule has 0 spiro atoms. The third-order valence-electron chi connectivity index (χ3n) is 6.68. The Balaban J connectivity index is 1.81. The van der Waals surface area contributed by atoms with Gasteiger partial charge in [-0.3, -0.25) is 13.9 Å². The van der Waals surface area contributed by atoms with Crippen LogP contribution in [0.1, 0.15) is 18.1 Å². The van der Waals surface area contributed by atoms with Crippen LogP contribution in [0.2, 0.25) is 10.0 Å². The Bertz CT molecular complexity index is 1670. The van der Waals surface area contributed by atoms with Crippen molar-refractivity contribution in [1.29, 1.82) is 0 Å². The monoisotopic (exact) mass is 701 g/mol. The van der Waals surface area contributed by atoms with Crippen molar-refractivity contribution in [2.45, 2.75) is 30.8 Å². The van der Waals surface area contributed by atoms with Crippen LogP contribution in [0, 0.1) is 0 Å². The lowest BCUT2D eigenvalue weighted by Crippen LogP contribution is -2.53. The summed E-state index contributed by atoms with van der Waals surface area (Å²) >= 11 is 16.1. The van der Waals surface area contributed by atoms with E-state index >= 15 is 0 Å². The van der Waals surface area contributed by atoms with E-state index in [0.717, 1.165) is 9.87 Å². The van der Waals surface area contributed by atoms with Gasteiger partial charge in [-0.2, -0.15) is 0 Å². The summed E-state index contributed by atoms with van der Waals surface area (Å²) in [7, 11) is -4.18. The summed E-state index contributed by atoms with van der Waals surface area (Å²) < 4.78 is 29.6. The molecule has 1 atom stereocenters. The minimum atomic E-state index is -4.18. The quantitative estimate of drug-likeness (QED) is 0.178. The van der Waals surface area contributed by atoms with Crippen LogP contribution in [0.3, 0.4) is 0 Å². The summed E-state index contributed by atoms with van der Waals surface area (Å²) in [4.78, 5) is 29.3. The average Bonchev–Trinajstić information content (AvgIpc) is 2.99. The number of carbonyl (C=O) groups is 2. The molecule has 0 unspecified atom stereocenters. The SMILES string of the molecule is CCNC(=O)[C@H](Cc1ccccc1)N(Cc1ccc(Cl)cc1Cl)C(=O)CN(c1cccc(Br)c1)S(=O)(=O)c1ccccc1. The minimum absolute atomic E-state index is 0.0274. The van der Waals surface area contributed by atoms with Crippen molar-refractivity contribution in [1.82, 2.24) is 10.2 Å². The fourth-order valence-corrected chi connectivity index (χ4v) is 6.84. The van der Waals surface area contributed by atoms with Gasteiger partial charge in [0.25, 0.3) is 10.0 Å². The molecule has 7 nitrogen and oxygen atoms in total. The normalized spacial score (nSPS) is 11.9. The first-order chi connectivity index (χ1) is 20.6. The number of anilines is 1. The van der Waals surface area contributed by atoms with E-state index < -0.39 is 28.5 Å². The maximum atomic E-state index is 14.4. The maximum absolute atomic E-state index is 14.4. The van der Waals surface area contributed by atoms with Crippen molar-refractivity contribution in [2.24, 2.45) is 0 Å². The van der Waals surface area contributed by atoms with Crippen LogP contribution in [0.5, 0.6) is 0 Å². The van der Waals surface area contributed by atoms with Gasteiger partial charge in [-0.05, 0) is 60.5 Å². The van der Waals surface area contributed by atoms with Crippen molar-refractivity contribution >= 4 is 66.7 Å². The van der Waals surface area contributed by atoms with Crippen LogP contribution in [0.4, 0.5) is 5.69 Å². The molecule has 4 aromatic rings. The summed E-state index contributed by atoms with van der Waals surface area (Å²) in [5, 5.41) is 3.58. The van der Waals surface area contributed by atoms with Crippen molar-refractivity contribution in [3.63, 3.8) is 0 Å². The minimum Gasteiger partial charge on any atom is -0.355 e. The van der Waals surface area contributed by atoms with Gasteiger partial charge in [0.15, 0.2) is 0 Å². The van der Waals surface area contributed by atoms with E-state index in [0.29, 0.717) is 26.6 Å². The van der Waals surface area contributed by atoms with Crippen LogP contribution in [0.15, 0.2) is 112 Å². The van der Waals surface area contributed by atoms with Crippen LogP contribution in [0.25, 0.3) is 0 Å². The second kappa shape index (κ2) is 14.9. The molecule has 0 bridgehead atoms. The van der Waals surface area contributed by atoms with Gasteiger partial charge in [0, 0.05) is 34.0 Å². The molecular formula is C32H30BrCl2N3O4S. The first-order valence-corrected chi connectivity index (χ1v) is 16.5. The highest BCUT2D eigenvalue weighted by atomic mass is 79.9. The molecule has 224 valence electrons. The molecule has 2 amide bonds. The summed E-state index contributed by atoms with van der Waals surface area (Å²) in [6, 6.07) is 27.9. The molecule has 0 aliphatic heterocycles. The number of halogens is 3. The van der Waals surface area contributed by atoms with Gasteiger partial charge in [-0.1, -0.05) is 99.8 Å². The summed E-state index contributed by atoms with van der Waals surface area (Å²) in [5.41, 5.74) is 1.68. The Morgan fingerprint density at radius 3 is 2.19 bits per heavy atom. The number of hydrogen-bond donors (Lipinski definition) is 1. The second-order valence-electron chi connectivity index (χ2n) is 9.66. The average molecular weight is 703 g/mol. The molecule has 1 N–H and O–H groups in total. The summed E-state index contributed by atoms with van der Waals surface area (Å²) in [6.07, 6.45) is 0.200. The lowest BCUT2D eigenvalue weighted by molar-refractivity contribution is -0.140. The fraction of sp³-hybridized carbons (Fsp3) is 0.188. The number of likely N-dealkylation sites (N-methyl/N-ethyl adjacent to an activating group) is 1. The molecular weight excluding hydrogens is 673 g/mol. The van der Waals surface area contributed by atoms with E-state index in [-0.39, 0.29) is 29.5 Å². The number of sulfonamides is 1. The Kier molecular flexibility index (Phi) is 11.3. The van der Waals surface area contributed by atoms with E-state index in [4.69, 9.17) is 23.2 Å². The Morgan fingerprint density at radius 1 is 0.884 bits per heavy atom. The third kappa shape index (κ3) is 8.38. The zero-order valence-electron chi connectivity index (χ0n) is 23.3. The fourth-order valence-electron chi connectivity index (χ4n) is 4.56. The molecule has 4 rings (SSSR count). The Hall–Kier alpha value is -3.37. The van der Waals surface area contributed by atoms with Crippen molar-refractivity contribution < 1.29 is 18.0 Å². The van der Waals surface area contributed by atoms with Crippen molar-refractivity contribution in [3.8, 4) is 0 Å². The van der Waals surface area contributed by atoms with Gasteiger partial charge in [-0.15, -0.1) is 0 Å². The smallest absolute Gasteiger partial charge is 0.264 e.